The van der Waals surface area contributed by atoms with Crippen LogP contribution in [0.5, 0.6) is 0 Å². The molecule has 0 saturated heterocycles. The number of carbonyl (C=O) groups excluding carboxylic acids is 2. The number of carbonyl (C=O) groups is 2. The summed E-state index contributed by atoms with van der Waals surface area (Å²) in [5, 5.41) is 9.62. The van der Waals surface area contributed by atoms with Gasteiger partial charge >= 0.3 is 11.9 Å². The van der Waals surface area contributed by atoms with E-state index in [9.17, 15) is 14.7 Å². The summed E-state index contributed by atoms with van der Waals surface area (Å²) in [5.74, 6) is -0.579. The van der Waals surface area contributed by atoms with Gasteiger partial charge in [0.2, 0.25) is 0 Å². The smallest absolute Gasteiger partial charge is 0.306 e. The van der Waals surface area contributed by atoms with Gasteiger partial charge in [-0.2, -0.15) is 0 Å². The monoisotopic (exact) mass is 789 g/mol. The van der Waals surface area contributed by atoms with Gasteiger partial charge in [0.25, 0.3) is 0 Å². The minimum Gasteiger partial charge on any atom is -0.462 e. The summed E-state index contributed by atoms with van der Waals surface area (Å²) in [5.41, 5.74) is 0. The lowest BCUT2D eigenvalue weighted by molar-refractivity contribution is -0.161. The van der Waals surface area contributed by atoms with E-state index in [0.717, 1.165) is 38.5 Å². The number of ether oxygens (including phenoxy) is 2. The quantitative estimate of drug-likeness (QED) is 0.0378. The number of allylic oxidation sites excluding steroid dienone is 4. The molecule has 0 aromatic carbocycles. The molecule has 0 spiro atoms. The van der Waals surface area contributed by atoms with Gasteiger partial charge in [0.1, 0.15) is 6.61 Å². The van der Waals surface area contributed by atoms with Crippen molar-refractivity contribution in [2.24, 2.45) is 0 Å². The van der Waals surface area contributed by atoms with Gasteiger partial charge in [-0.3, -0.25) is 9.59 Å². The van der Waals surface area contributed by atoms with Crippen LogP contribution in [-0.4, -0.2) is 36.4 Å². The van der Waals surface area contributed by atoms with Crippen molar-refractivity contribution in [1.29, 1.82) is 0 Å². The Morgan fingerprint density at radius 2 is 0.661 bits per heavy atom. The molecule has 0 radical (unpaired) electrons. The molecular formula is C51H96O5. The van der Waals surface area contributed by atoms with Crippen LogP contribution < -0.4 is 0 Å². The largest absolute Gasteiger partial charge is 0.462 e. The Bertz CT molecular complexity index is 851. The standard InChI is InChI=1S/C51H96O5/c1-3-5-7-9-11-13-15-17-19-21-23-25-27-29-31-33-35-37-39-41-43-45-50(53)55-48-49(47-52)56-51(54)46-44-42-40-38-36-34-32-30-28-26-24-22-20-18-16-14-12-10-8-6-4-2/h17-20,49,52H,3-16,21-48H2,1-2H3/t49-/m0/s1. The predicted octanol–water partition coefficient (Wildman–Crippen LogP) is 16.2. The van der Waals surface area contributed by atoms with Gasteiger partial charge < -0.3 is 14.6 Å². The van der Waals surface area contributed by atoms with Crippen LogP contribution >= 0.6 is 0 Å². The van der Waals surface area contributed by atoms with Gasteiger partial charge in [-0.05, 0) is 64.2 Å². The summed E-state index contributed by atoms with van der Waals surface area (Å²) in [6, 6.07) is 0. The summed E-state index contributed by atoms with van der Waals surface area (Å²) in [7, 11) is 0. The van der Waals surface area contributed by atoms with Crippen LogP contribution in [0.1, 0.15) is 271 Å². The van der Waals surface area contributed by atoms with Gasteiger partial charge in [-0.15, -0.1) is 0 Å². The highest BCUT2D eigenvalue weighted by Gasteiger charge is 2.16. The molecular weight excluding hydrogens is 693 g/mol. The lowest BCUT2D eigenvalue weighted by Gasteiger charge is -2.15. The van der Waals surface area contributed by atoms with E-state index in [1.807, 2.05) is 0 Å². The average molecular weight is 789 g/mol. The van der Waals surface area contributed by atoms with Gasteiger partial charge in [0, 0.05) is 12.8 Å². The lowest BCUT2D eigenvalue weighted by Crippen LogP contribution is -2.28. The van der Waals surface area contributed by atoms with E-state index in [1.54, 1.807) is 0 Å². The van der Waals surface area contributed by atoms with E-state index >= 15 is 0 Å². The van der Waals surface area contributed by atoms with Crippen LogP contribution in [0.25, 0.3) is 0 Å². The predicted molar refractivity (Wildman–Crippen MR) is 242 cm³/mol. The molecule has 0 unspecified atom stereocenters. The van der Waals surface area contributed by atoms with E-state index in [2.05, 4.69) is 38.2 Å². The fourth-order valence-corrected chi connectivity index (χ4v) is 7.43. The molecule has 5 heteroatoms. The molecule has 0 aliphatic heterocycles. The third kappa shape index (κ3) is 45.1. The molecule has 0 aliphatic carbocycles. The Labute approximate surface area is 349 Å². The molecule has 0 amide bonds. The third-order valence-electron chi connectivity index (χ3n) is 11.2. The highest BCUT2D eigenvalue weighted by molar-refractivity contribution is 5.70. The number of rotatable bonds is 46. The highest BCUT2D eigenvalue weighted by Crippen LogP contribution is 2.16. The number of esters is 2. The normalized spacial score (nSPS) is 12.3. The van der Waals surface area contributed by atoms with E-state index in [4.69, 9.17) is 9.47 Å². The first kappa shape index (κ1) is 54.4. The molecule has 0 aliphatic rings. The second-order valence-electron chi connectivity index (χ2n) is 16.9. The molecule has 0 heterocycles. The van der Waals surface area contributed by atoms with Crippen LogP contribution in [0.4, 0.5) is 0 Å². The first-order valence-electron chi connectivity index (χ1n) is 24.9. The lowest BCUT2D eigenvalue weighted by atomic mass is 10.0. The Balaban J connectivity index is 3.47. The number of unbranched alkanes of at least 4 members (excludes halogenated alkanes) is 34. The van der Waals surface area contributed by atoms with Crippen molar-refractivity contribution in [3.63, 3.8) is 0 Å². The Morgan fingerprint density at radius 3 is 0.964 bits per heavy atom. The molecule has 0 rings (SSSR count). The van der Waals surface area contributed by atoms with E-state index in [0.29, 0.717) is 12.8 Å². The molecule has 5 nitrogen and oxygen atoms in total. The Hall–Kier alpha value is -1.62. The van der Waals surface area contributed by atoms with Gasteiger partial charge in [-0.25, -0.2) is 0 Å². The molecule has 56 heavy (non-hydrogen) atoms. The van der Waals surface area contributed by atoms with E-state index in [1.165, 1.54) is 205 Å². The second kappa shape index (κ2) is 47.8. The van der Waals surface area contributed by atoms with Crippen molar-refractivity contribution in [2.75, 3.05) is 13.2 Å². The molecule has 0 aromatic rings. The zero-order chi connectivity index (χ0) is 40.7. The fraction of sp³-hybridized carbons (Fsp3) is 0.882. The van der Waals surface area contributed by atoms with Crippen molar-refractivity contribution in [1.82, 2.24) is 0 Å². The number of aliphatic hydroxyl groups is 1. The zero-order valence-electron chi connectivity index (χ0n) is 37.7. The van der Waals surface area contributed by atoms with Crippen molar-refractivity contribution in [3.8, 4) is 0 Å². The molecule has 0 fully saturated rings. The van der Waals surface area contributed by atoms with Crippen LogP contribution in [-0.2, 0) is 19.1 Å². The summed E-state index contributed by atoms with van der Waals surface area (Å²) >= 11 is 0. The Morgan fingerprint density at radius 1 is 0.393 bits per heavy atom. The molecule has 0 bridgehead atoms. The fourth-order valence-electron chi connectivity index (χ4n) is 7.43. The van der Waals surface area contributed by atoms with Crippen LogP contribution in [0.3, 0.4) is 0 Å². The molecule has 1 N–H and O–H groups in total. The summed E-state index contributed by atoms with van der Waals surface area (Å²) in [6.45, 7) is 4.17. The van der Waals surface area contributed by atoms with Crippen molar-refractivity contribution in [2.45, 2.75) is 277 Å². The molecule has 0 saturated carbocycles. The molecule has 0 aromatic heterocycles. The van der Waals surface area contributed by atoms with Crippen LogP contribution in [0, 0.1) is 0 Å². The SMILES string of the molecule is CCCCCCCCC=CCCCCCCCCCCCCCC(=O)OC[C@H](CO)OC(=O)CCCCCCCCCCCCCC=CCCCCCCCC. The maximum Gasteiger partial charge on any atom is 0.306 e. The van der Waals surface area contributed by atoms with Crippen LogP contribution in [0.15, 0.2) is 24.3 Å². The van der Waals surface area contributed by atoms with Crippen LogP contribution in [0.2, 0.25) is 0 Å². The van der Waals surface area contributed by atoms with Gasteiger partial charge in [0.05, 0.1) is 6.61 Å². The average Bonchev–Trinajstić information content (AvgIpc) is 3.20. The van der Waals surface area contributed by atoms with Crippen molar-refractivity contribution < 1.29 is 24.2 Å². The maximum atomic E-state index is 12.3. The minimum atomic E-state index is -0.769. The van der Waals surface area contributed by atoms with Crippen molar-refractivity contribution >= 4 is 11.9 Å². The first-order chi connectivity index (χ1) is 27.6. The number of hydrogen-bond acceptors (Lipinski definition) is 5. The number of hydrogen-bond donors (Lipinski definition) is 1. The topological polar surface area (TPSA) is 72.8 Å². The summed E-state index contributed by atoms with van der Waals surface area (Å²) < 4.78 is 10.7. The molecule has 330 valence electrons. The summed E-state index contributed by atoms with van der Waals surface area (Å²) in [6.07, 6.45) is 58.4. The van der Waals surface area contributed by atoms with E-state index < -0.39 is 6.10 Å². The maximum absolute atomic E-state index is 12.3. The molecule has 1 atom stereocenters. The van der Waals surface area contributed by atoms with Gasteiger partial charge in [-0.1, -0.05) is 218 Å². The Kier molecular flexibility index (Phi) is 46.4. The first-order valence-corrected chi connectivity index (χ1v) is 24.9. The minimum absolute atomic E-state index is 0.0621. The summed E-state index contributed by atoms with van der Waals surface area (Å²) in [4.78, 5) is 24.4. The zero-order valence-corrected chi connectivity index (χ0v) is 37.7. The van der Waals surface area contributed by atoms with Crippen molar-refractivity contribution in [3.05, 3.63) is 24.3 Å². The highest BCUT2D eigenvalue weighted by atomic mass is 16.6. The third-order valence-corrected chi connectivity index (χ3v) is 11.2. The second-order valence-corrected chi connectivity index (χ2v) is 16.9. The number of aliphatic hydroxyl groups excluding tert-OH is 1. The van der Waals surface area contributed by atoms with Gasteiger partial charge in [0.15, 0.2) is 6.10 Å². The van der Waals surface area contributed by atoms with E-state index in [-0.39, 0.29) is 25.2 Å².